The van der Waals surface area contributed by atoms with Crippen LogP contribution in [0.15, 0.2) is 0 Å². The zero-order valence-corrected chi connectivity index (χ0v) is 12.5. The molecule has 0 aromatic rings. The van der Waals surface area contributed by atoms with Gasteiger partial charge >= 0.3 is 0 Å². The van der Waals surface area contributed by atoms with E-state index < -0.39 is 0 Å². The molecule has 3 fully saturated rings. The molecule has 2 aliphatic carbocycles. The van der Waals surface area contributed by atoms with E-state index >= 15 is 0 Å². The smallest absolute Gasteiger partial charge is 0.234 e. The first kappa shape index (κ1) is 14.3. The van der Waals surface area contributed by atoms with Crippen LogP contribution in [0.25, 0.3) is 0 Å². The summed E-state index contributed by atoms with van der Waals surface area (Å²) in [7, 11) is 0. The van der Waals surface area contributed by atoms with E-state index in [0.29, 0.717) is 6.04 Å². The van der Waals surface area contributed by atoms with Crippen molar-refractivity contribution in [3.63, 3.8) is 0 Å². The second kappa shape index (κ2) is 6.44. The predicted octanol–water partition coefficient (Wildman–Crippen LogP) is 1.49. The normalized spacial score (nSPS) is 32.6. The highest BCUT2D eigenvalue weighted by molar-refractivity contribution is 5.79. The molecule has 0 aromatic heterocycles. The van der Waals surface area contributed by atoms with Gasteiger partial charge in [0.05, 0.1) is 6.04 Å². The van der Waals surface area contributed by atoms with Crippen molar-refractivity contribution >= 4 is 5.91 Å². The molecule has 1 amide bonds. The predicted molar refractivity (Wildman–Crippen MR) is 80.3 cm³/mol. The first-order valence-corrected chi connectivity index (χ1v) is 8.50. The molecule has 20 heavy (non-hydrogen) atoms. The average Bonchev–Trinajstić information content (AvgIpc) is 3.27. The molecule has 3 N–H and O–H groups in total. The van der Waals surface area contributed by atoms with E-state index in [1.807, 2.05) is 0 Å². The number of likely N-dealkylation sites (tertiary alicyclic amines) is 1. The molecule has 1 heterocycles. The van der Waals surface area contributed by atoms with E-state index in [1.165, 1.54) is 58.0 Å². The summed E-state index contributed by atoms with van der Waals surface area (Å²) in [5.74, 6) is 1.72. The third-order valence-corrected chi connectivity index (χ3v) is 5.47. The molecule has 3 rings (SSSR count). The van der Waals surface area contributed by atoms with Crippen molar-refractivity contribution < 1.29 is 4.79 Å². The van der Waals surface area contributed by atoms with Gasteiger partial charge in [-0.25, -0.2) is 0 Å². The highest BCUT2D eigenvalue weighted by Gasteiger charge is 2.32. The number of rotatable bonds is 6. The summed E-state index contributed by atoms with van der Waals surface area (Å²) in [6, 6.07) is 0.433. The Kier molecular flexibility index (Phi) is 4.61. The number of carbonyl (C=O) groups is 1. The van der Waals surface area contributed by atoms with Gasteiger partial charge in [0.2, 0.25) is 5.91 Å². The Labute approximate surface area is 122 Å². The maximum absolute atomic E-state index is 11.5. The first-order valence-electron chi connectivity index (χ1n) is 8.50. The molecule has 3 unspecified atom stereocenters. The lowest BCUT2D eigenvalue weighted by molar-refractivity contribution is -0.120. The Morgan fingerprint density at radius 3 is 2.60 bits per heavy atom. The zero-order valence-electron chi connectivity index (χ0n) is 12.5. The van der Waals surface area contributed by atoms with Crippen LogP contribution >= 0.6 is 0 Å². The number of nitrogens with one attached hydrogen (secondary N) is 1. The van der Waals surface area contributed by atoms with E-state index in [2.05, 4.69) is 10.2 Å². The van der Waals surface area contributed by atoms with Crippen molar-refractivity contribution in [2.45, 2.75) is 63.5 Å². The van der Waals surface area contributed by atoms with Crippen LogP contribution in [-0.2, 0) is 4.79 Å². The second-order valence-electron chi connectivity index (χ2n) is 7.08. The van der Waals surface area contributed by atoms with Crippen molar-refractivity contribution in [2.24, 2.45) is 17.6 Å². The highest BCUT2D eigenvalue weighted by atomic mass is 16.1. The van der Waals surface area contributed by atoms with Crippen molar-refractivity contribution in [2.75, 3.05) is 19.6 Å². The first-order chi connectivity index (χ1) is 9.72. The second-order valence-corrected chi connectivity index (χ2v) is 7.08. The van der Waals surface area contributed by atoms with Crippen molar-refractivity contribution in [3.8, 4) is 0 Å². The molecule has 0 radical (unpaired) electrons. The highest BCUT2D eigenvalue weighted by Crippen LogP contribution is 2.36. The number of carbonyl (C=O) groups excluding carboxylic acids is 1. The standard InChI is InChI=1S/C16H29N3O/c17-16(20)15(18-14-5-6-14)8-10-19-9-7-12-3-1-2-4-13(12)11-19/h12-15,18H,1-11H2,(H2,17,20). The fourth-order valence-electron chi connectivity index (χ4n) is 4.03. The monoisotopic (exact) mass is 279 g/mol. The van der Waals surface area contributed by atoms with E-state index in [-0.39, 0.29) is 11.9 Å². The molecule has 1 saturated heterocycles. The van der Waals surface area contributed by atoms with Crippen LogP contribution in [0, 0.1) is 11.8 Å². The Balaban J connectivity index is 1.43. The summed E-state index contributed by atoms with van der Waals surface area (Å²) >= 11 is 0. The van der Waals surface area contributed by atoms with Crippen LogP contribution in [0.3, 0.4) is 0 Å². The summed E-state index contributed by atoms with van der Waals surface area (Å²) in [6.45, 7) is 3.49. The number of hydrogen-bond acceptors (Lipinski definition) is 3. The molecule has 3 aliphatic rings. The Morgan fingerprint density at radius 2 is 1.90 bits per heavy atom. The molecule has 114 valence electrons. The van der Waals surface area contributed by atoms with E-state index in [1.54, 1.807) is 0 Å². The summed E-state index contributed by atoms with van der Waals surface area (Å²) in [6.07, 6.45) is 10.4. The molecule has 4 nitrogen and oxygen atoms in total. The number of piperidine rings is 1. The fourth-order valence-corrected chi connectivity index (χ4v) is 4.03. The van der Waals surface area contributed by atoms with Gasteiger partial charge in [-0.1, -0.05) is 19.3 Å². The molecule has 4 heteroatoms. The minimum absolute atomic E-state index is 0.119. The quantitative estimate of drug-likeness (QED) is 0.774. The Hall–Kier alpha value is -0.610. The lowest BCUT2D eigenvalue weighted by atomic mass is 9.75. The zero-order chi connectivity index (χ0) is 13.9. The lowest BCUT2D eigenvalue weighted by Crippen LogP contribution is -2.47. The fraction of sp³-hybridized carbons (Fsp3) is 0.938. The van der Waals surface area contributed by atoms with Crippen LogP contribution in [0.4, 0.5) is 0 Å². The van der Waals surface area contributed by atoms with Gasteiger partial charge in [-0.05, 0) is 50.5 Å². The van der Waals surface area contributed by atoms with Crippen LogP contribution in [-0.4, -0.2) is 42.5 Å². The topological polar surface area (TPSA) is 58.4 Å². The van der Waals surface area contributed by atoms with Crippen LogP contribution in [0.1, 0.15) is 51.4 Å². The molecular formula is C16H29N3O. The number of amides is 1. The minimum Gasteiger partial charge on any atom is -0.368 e. The van der Waals surface area contributed by atoms with Gasteiger partial charge in [-0.15, -0.1) is 0 Å². The average molecular weight is 279 g/mol. The van der Waals surface area contributed by atoms with Gasteiger partial charge in [-0.2, -0.15) is 0 Å². The molecule has 0 aromatic carbocycles. The molecule has 0 bridgehead atoms. The number of nitrogens with zero attached hydrogens (tertiary/aromatic N) is 1. The minimum atomic E-state index is -0.176. The van der Waals surface area contributed by atoms with Gasteiger partial charge in [-0.3, -0.25) is 4.79 Å². The lowest BCUT2D eigenvalue weighted by Gasteiger charge is -2.41. The number of fused-ring (bicyclic) bond motifs is 1. The molecule has 0 spiro atoms. The molecule has 2 saturated carbocycles. The molecule has 1 aliphatic heterocycles. The third kappa shape index (κ3) is 3.73. The molecule has 3 atom stereocenters. The van der Waals surface area contributed by atoms with Crippen molar-refractivity contribution in [1.82, 2.24) is 10.2 Å². The van der Waals surface area contributed by atoms with Gasteiger partial charge in [0.15, 0.2) is 0 Å². The third-order valence-electron chi connectivity index (χ3n) is 5.47. The van der Waals surface area contributed by atoms with Gasteiger partial charge < -0.3 is 16.0 Å². The maximum Gasteiger partial charge on any atom is 0.234 e. The van der Waals surface area contributed by atoms with E-state index in [0.717, 1.165) is 24.8 Å². The summed E-state index contributed by atoms with van der Waals surface area (Å²) in [4.78, 5) is 14.1. The molecular weight excluding hydrogens is 250 g/mol. The van der Waals surface area contributed by atoms with E-state index in [4.69, 9.17) is 5.73 Å². The van der Waals surface area contributed by atoms with Gasteiger partial charge in [0.25, 0.3) is 0 Å². The number of primary amides is 1. The van der Waals surface area contributed by atoms with E-state index in [9.17, 15) is 4.79 Å². The SMILES string of the molecule is NC(=O)C(CCN1CCC2CCCCC2C1)NC1CC1. The van der Waals surface area contributed by atoms with Gasteiger partial charge in [0, 0.05) is 19.1 Å². The Bertz CT molecular complexity index is 343. The van der Waals surface area contributed by atoms with Gasteiger partial charge in [0.1, 0.15) is 0 Å². The Morgan fingerprint density at radius 1 is 1.15 bits per heavy atom. The van der Waals surface area contributed by atoms with Crippen molar-refractivity contribution in [1.29, 1.82) is 0 Å². The number of nitrogens with two attached hydrogens (primary N) is 1. The van der Waals surface area contributed by atoms with Crippen LogP contribution < -0.4 is 11.1 Å². The maximum atomic E-state index is 11.5. The van der Waals surface area contributed by atoms with Crippen LogP contribution in [0.5, 0.6) is 0 Å². The summed E-state index contributed by atoms with van der Waals surface area (Å²) < 4.78 is 0. The summed E-state index contributed by atoms with van der Waals surface area (Å²) in [5, 5.41) is 3.39. The van der Waals surface area contributed by atoms with Crippen molar-refractivity contribution in [3.05, 3.63) is 0 Å². The summed E-state index contributed by atoms with van der Waals surface area (Å²) in [5.41, 5.74) is 5.51. The largest absolute Gasteiger partial charge is 0.368 e. The van der Waals surface area contributed by atoms with Crippen LogP contribution in [0.2, 0.25) is 0 Å². The number of hydrogen-bond donors (Lipinski definition) is 2.